The summed E-state index contributed by atoms with van der Waals surface area (Å²) >= 11 is 0. The molecule has 3 nitrogen and oxygen atoms in total. The summed E-state index contributed by atoms with van der Waals surface area (Å²) in [6.45, 7) is 1.04. The second kappa shape index (κ2) is 4.22. The molecule has 0 radical (unpaired) electrons. The first-order chi connectivity index (χ1) is 8.83. The Labute approximate surface area is 109 Å². The van der Waals surface area contributed by atoms with Gasteiger partial charge < -0.3 is 10.2 Å². The van der Waals surface area contributed by atoms with Crippen LogP contribution in [-0.4, -0.2) is 35.5 Å². The maximum Gasteiger partial charge on any atom is 0.227 e. The molecule has 0 aromatic carbocycles. The van der Waals surface area contributed by atoms with Crippen LogP contribution in [-0.2, 0) is 4.79 Å². The van der Waals surface area contributed by atoms with Crippen molar-refractivity contribution >= 4 is 5.91 Å². The summed E-state index contributed by atoms with van der Waals surface area (Å²) < 4.78 is 0. The van der Waals surface area contributed by atoms with E-state index in [1.54, 1.807) is 0 Å². The molecule has 4 aliphatic rings. The maximum atomic E-state index is 12.8. The minimum atomic E-state index is 0.310. The standard InChI is InChI=1S/C15H24N2O/c18-15(12-9-11-5-6-13(12)16-11)17-8-7-10-3-1-2-4-14(10)17/h10-14,16H,1-9H2. The molecule has 3 aliphatic heterocycles. The predicted octanol–water partition coefficient (Wildman–Crippen LogP) is 1.92. The molecule has 5 atom stereocenters. The van der Waals surface area contributed by atoms with Crippen LogP contribution in [0.4, 0.5) is 0 Å². The SMILES string of the molecule is O=C(C1CC2CCC1N2)N1CCC2CCCCC21. The number of nitrogens with zero attached hydrogens (tertiary/aromatic N) is 1. The summed E-state index contributed by atoms with van der Waals surface area (Å²) in [5, 5.41) is 3.61. The minimum Gasteiger partial charge on any atom is -0.339 e. The van der Waals surface area contributed by atoms with Crippen molar-refractivity contribution in [3.8, 4) is 0 Å². The molecular weight excluding hydrogens is 224 g/mol. The first kappa shape index (κ1) is 11.3. The Hall–Kier alpha value is -0.570. The van der Waals surface area contributed by atoms with Gasteiger partial charge >= 0.3 is 0 Å². The van der Waals surface area contributed by atoms with E-state index in [0.29, 0.717) is 30.0 Å². The highest BCUT2D eigenvalue weighted by Gasteiger charge is 2.47. The van der Waals surface area contributed by atoms with Crippen molar-refractivity contribution in [1.82, 2.24) is 10.2 Å². The number of nitrogens with one attached hydrogen (secondary N) is 1. The Bertz CT molecular complexity index is 356. The van der Waals surface area contributed by atoms with Crippen LogP contribution in [0.3, 0.4) is 0 Å². The van der Waals surface area contributed by atoms with E-state index in [2.05, 4.69) is 10.2 Å². The average molecular weight is 248 g/mol. The molecule has 100 valence electrons. The molecule has 4 rings (SSSR count). The lowest BCUT2D eigenvalue weighted by Crippen LogP contribution is -2.45. The lowest BCUT2D eigenvalue weighted by atomic mass is 9.84. The zero-order chi connectivity index (χ0) is 12.1. The molecule has 0 aromatic rings. The summed E-state index contributed by atoms with van der Waals surface area (Å²) in [6.07, 6.45) is 10.2. The molecule has 18 heavy (non-hydrogen) atoms. The summed E-state index contributed by atoms with van der Waals surface area (Å²) in [7, 11) is 0. The fourth-order valence-corrected chi connectivity index (χ4v) is 4.99. The van der Waals surface area contributed by atoms with E-state index in [1.807, 2.05) is 0 Å². The Morgan fingerprint density at radius 1 is 1.06 bits per heavy atom. The smallest absolute Gasteiger partial charge is 0.227 e. The largest absolute Gasteiger partial charge is 0.339 e. The average Bonchev–Trinajstić information content (AvgIpc) is 3.12. The van der Waals surface area contributed by atoms with Crippen molar-refractivity contribution in [3.05, 3.63) is 0 Å². The van der Waals surface area contributed by atoms with E-state index < -0.39 is 0 Å². The van der Waals surface area contributed by atoms with Gasteiger partial charge in [0.1, 0.15) is 0 Å². The number of amides is 1. The molecule has 1 N–H and O–H groups in total. The number of rotatable bonds is 1. The number of carbonyl (C=O) groups excluding carboxylic acids is 1. The van der Waals surface area contributed by atoms with Crippen LogP contribution < -0.4 is 5.32 Å². The Kier molecular flexibility index (Phi) is 2.65. The van der Waals surface area contributed by atoms with Crippen LogP contribution in [0.25, 0.3) is 0 Å². The summed E-state index contributed by atoms with van der Waals surface area (Å²) in [5.74, 6) is 1.63. The number of hydrogen-bond acceptors (Lipinski definition) is 2. The Morgan fingerprint density at radius 3 is 2.72 bits per heavy atom. The number of fused-ring (bicyclic) bond motifs is 3. The third-order valence-corrected chi connectivity index (χ3v) is 5.91. The molecule has 0 aromatic heterocycles. The monoisotopic (exact) mass is 248 g/mol. The molecule has 5 unspecified atom stereocenters. The van der Waals surface area contributed by atoms with Crippen molar-refractivity contribution in [3.63, 3.8) is 0 Å². The van der Waals surface area contributed by atoms with Crippen LogP contribution in [0.5, 0.6) is 0 Å². The van der Waals surface area contributed by atoms with Gasteiger partial charge in [0.05, 0.1) is 5.92 Å². The summed E-state index contributed by atoms with van der Waals surface area (Å²) in [4.78, 5) is 15.1. The number of carbonyl (C=O) groups is 1. The van der Waals surface area contributed by atoms with Gasteiger partial charge in [-0.05, 0) is 44.4 Å². The lowest BCUT2D eigenvalue weighted by molar-refractivity contribution is -0.137. The predicted molar refractivity (Wildman–Crippen MR) is 70.1 cm³/mol. The van der Waals surface area contributed by atoms with Crippen LogP contribution >= 0.6 is 0 Å². The van der Waals surface area contributed by atoms with Gasteiger partial charge in [-0.15, -0.1) is 0 Å². The maximum absolute atomic E-state index is 12.8. The molecule has 3 saturated heterocycles. The van der Waals surface area contributed by atoms with Crippen LogP contribution in [0.15, 0.2) is 0 Å². The van der Waals surface area contributed by atoms with Crippen LogP contribution in [0, 0.1) is 11.8 Å². The van der Waals surface area contributed by atoms with Gasteiger partial charge in [-0.1, -0.05) is 12.8 Å². The van der Waals surface area contributed by atoms with Gasteiger partial charge in [0.25, 0.3) is 0 Å². The number of likely N-dealkylation sites (tertiary alicyclic amines) is 1. The highest BCUT2D eigenvalue weighted by Crippen LogP contribution is 2.40. The molecular formula is C15H24N2O. The van der Waals surface area contributed by atoms with E-state index in [9.17, 15) is 4.79 Å². The molecule has 3 heterocycles. The van der Waals surface area contributed by atoms with Gasteiger partial charge in [-0.2, -0.15) is 0 Å². The van der Waals surface area contributed by atoms with Crippen molar-refractivity contribution < 1.29 is 4.79 Å². The van der Waals surface area contributed by atoms with Crippen molar-refractivity contribution in [2.24, 2.45) is 11.8 Å². The molecule has 1 amide bonds. The van der Waals surface area contributed by atoms with Crippen LogP contribution in [0.2, 0.25) is 0 Å². The molecule has 4 fully saturated rings. The zero-order valence-corrected chi connectivity index (χ0v) is 11.1. The highest BCUT2D eigenvalue weighted by atomic mass is 16.2. The number of hydrogen-bond donors (Lipinski definition) is 1. The van der Waals surface area contributed by atoms with Gasteiger partial charge in [0.15, 0.2) is 0 Å². The van der Waals surface area contributed by atoms with Crippen molar-refractivity contribution in [2.45, 2.75) is 69.5 Å². The van der Waals surface area contributed by atoms with E-state index in [-0.39, 0.29) is 0 Å². The topological polar surface area (TPSA) is 32.3 Å². The fraction of sp³-hybridized carbons (Fsp3) is 0.933. The molecule has 1 saturated carbocycles. The first-order valence-corrected chi connectivity index (χ1v) is 7.89. The third-order valence-electron chi connectivity index (χ3n) is 5.91. The van der Waals surface area contributed by atoms with E-state index in [4.69, 9.17) is 0 Å². The van der Waals surface area contributed by atoms with Gasteiger partial charge in [-0.3, -0.25) is 4.79 Å². The summed E-state index contributed by atoms with van der Waals surface area (Å²) in [6, 6.07) is 1.75. The quantitative estimate of drug-likeness (QED) is 0.769. The molecule has 3 heteroatoms. The first-order valence-electron chi connectivity index (χ1n) is 7.89. The van der Waals surface area contributed by atoms with Crippen molar-refractivity contribution in [2.75, 3.05) is 6.54 Å². The second-order valence-electron chi connectivity index (χ2n) is 6.82. The fourth-order valence-electron chi connectivity index (χ4n) is 4.99. The Morgan fingerprint density at radius 2 is 1.94 bits per heavy atom. The highest BCUT2D eigenvalue weighted by molar-refractivity contribution is 5.81. The van der Waals surface area contributed by atoms with E-state index >= 15 is 0 Å². The molecule has 1 aliphatic carbocycles. The van der Waals surface area contributed by atoms with Crippen LogP contribution in [0.1, 0.15) is 51.4 Å². The Balaban J connectivity index is 1.48. The zero-order valence-electron chi connectivity index (χ0n) is 11.1. The molecule has 0 spiro atoms. The second-order valence-corrected chi connectivity index (χ2v) is 6.82. The van der Waals surface area contributed by atoms with Gasteiger partial charge in [0, 0.05) is 24.7 Å². The lowest BCUT2D eigenvalue weighted by Gasteiger charge is -2.34. The van der Waals surface area contributed by atoms with Crippen molar-refractivity contribution in [1.29, 1.82) is 0 Å². The molecule has 2 bridgehead atoms. The van der Waals surface area contributed by atoms with E-state index in [1.165, 1.54) is 44.9 Å². The van der Waals surface area contributed by atoms with E-state index in [0.717, 1.165) is 18.9 Å². The summed E-state index contributed by atoms with van der Waals surface area (Å²) in [5.41, 5.74) is 0. The van der Waals surface area contributed by atoms with Gasteiger partial charge in [0.2, 0.25) is 5.91 Å². The third kappa shape index (κ3) is 1.63. The van der Waals surface area contributed by atoms with Gasteiger partial charge in [-0.25, -0.2) is 0 Å². The minimum absolute atomic E-state index is 0.310. The normalized spacial score (nSPS) is 46.4.